The van der Waals surface area contributed by atoms with Gasteiger partial charge in [-0.1, -0.05) is 23.3 Å². The van der Waals surface area contributed by atoms with Crippen LogP contribution in [0.2, 0.25) is 0 Å². The number of hydrogen-bond acceptors (Lipinski definition) is 6. The van der Waals surface area contributed by atoms with Crippen molar-refractivity contribution in [2.24, 2.45) is 5.92 Å². The average Bonchev–Trinajstić information content (AvgIpc) is 3.11. The van der Waals surface area contributed by atoms with Crippen molar-refractivity contribution in [3.05, 3.63) is 42.1 Å². The van der Waals surface area contributed by atoms with Crippen LogP contribution in [0.1, 0.15) is 18.4 Å². The molecule has 0 radical (unpaired) electrons. The molecule has 130 valence electrons. The van der Waals surface area contributed by atoms with Crippen LogP contribution in [0.25, 0.3) is 10.9 Å². The second-order valence-electron chi connectivity index (χ2n) is 6.53. The zero-order valence-electron chi connectivity index (χ0n) is 14.4. The number of ether oxygens (including phenoxy) is 1. The number of hydrogen-bond donors (Lipinski definition) is 0. The van der Waals surface area contributed by atoms with E-state index in [4.69, 9.17) is 4.74 Å². The van der Waals surface area contributed by atoms with Gasteiger partial charge in [0.25, 0.3) is 0 Å². The minimum absolute atomic E-state index is 0.533. The predicted octanol–water partition coefficient (Wildman–Crippen LogP) is 2.13. The molecular formula is C18H22N6O. The number of anilines is 1. The minimum atomic E-state index is 0.533. The Balaban J connectivity index is 1.59. The van der Waals surface area contributed by atoms with Crippen LogP contribution in [-0.2, 0) is 11.3 Å². The van der Waals surface area contributed by atoms with Gasteiger partial charge in [0, 0.05) is 31.8 Å². The molecule has 7 nitrogen and oxygen atoms in total. The molecule has 2 aromatic heterocycles. The van der Waals surface area contributed by atoms with Crippen molar-refractivity contribution in [3.8, 4) is 0 Å². The van der Waals surface area contributed by atoms with Gasteiger partial charge in [-0.25, -0.2) is 4.68 Å². The van der Waals surface area contributed by atoms with Gasteiger partial charge in [0.05, 0.1) is 18.7 Å². The number of benzene rings is 1. The first kappa shape index (κ1) is 16.0. The Morgan fingerprint density at radius 1 is 1.24 bits per heavy atom. The Labute approximate surface area is 146 Å². The molecule has 1 atom stereocenters. The molecule has 1 fully saturated rings. The highest BCUT2D eigenvalue weighted by molar-refractivity contribution is 5.81. The summed E-state index contributed by atoms with van der Waals surface area (Å²) >= 11 is 0. The molecule has 0 saturated carbocycles. The van der Waals surface area contributed by atoms with Gasteiger partial charge in [-0.3, -0.25) is 4.98 Å². The molecule has 0 spiro atoms. The summed E-state index contributed by atoms with van der Waals surface area (Å²) in [5.41, 5.74) is 2.16. The van der Waals surface area contributed by atoms with E-state index in [0.29, 0.717) is 12.5 Å². The van der Waals surface area contributed by atoms with Gasteiger partial charge in [-0.2, -0.15) is 0 Å². The molecule has 1 aliphatic rings. The van der Waals surface area contributed by atoms with E-state index < -0.39 is 0 Å². The third-order valence-electron chi connectivity index (χ3n) is 4.77. The standard InChI is InChI=1S/C18H22N6O/c1-25-13-14-5-4-10-23(11-14)18-20-21-22-24(18)12-15-6-2-8-17-16(15)7-3-9-19-17/h2-3,6-9,14H,4-5,10-13H2,1H3. The number of nitrogens with zero attached hydrogens (tertiary/aromatic N) is 6. The summed E-state index contributed by atoms with van der Waals surface area (Å²) in [6.45, 7) is 3.34. The molecule has 4 rings (SSSR count). The SMILES string of the molecule is COCC1CCCN(c2nnnn2Cc2cccc3ncccc23)C1. The van der Waals surface area contributed by atoms with Crippen LogP contribution < -0.4 is 4.90 Å². The number of aromatic nitrogens is 5. The lowest BCUT2D eigenvalue weighted by atomic mass is 9.99. The van der Waals surface area contributed by atoms with Gasteiger partial charge < -0.3 is 9.64 Å². The monoisotopic (exact) mass is 338 g/mol. The fourth-order valence-corrected chi connectivity index (χ4v) is 3.61. The quantitative estimate of drug-likeness (QED) is 0.710. The first-order valence-electron chi connectivity index (χ1n) is 8.68. The van der Waals surface area contributed by atoms with Crippen molar-refractivity contribution in [1.82, 2.24) is 25.2 Å². The van der Waals surface area contributed by atoms with Crippen molar-refractivity contribution in [3.63, 3.8) is 0 Å². The fourth-order valence-electron chi connectivity index (χ4n) is 3.61. The Kier molecular flexibility index (Phi) is 4.56. The van der Waals surface area contributed by atoms with E-state index in [-0.39, 0.29) is 0 Å². The van der Waals surface area contributed by atoms with Crippen LogP contribution in [0.15, 0.2) is 36.5 Å². The zero-order chi connectivity index (χ0) is 17.1. The van der Waals surface area contributed by atoms with E-state index in [1.807, 2.05) is 29.1 Å². The van der Waals surface area contributed by atoms with E-state index in [9.17, 15) is 0 Å². The van der Waals surface area contributed by atoms with Gasteiger partial charge in [0.1, 0.15) is 0 Å². The summed E-state index contributed by atoms with van der Waals surface area (Å²) in [6, 6.07) is 10.2. The second-order valence-corrected chi connectivity index (χ2v) is 6.53. The van der Waals surface area contributed by atoms with Crippen molar-refractivity contribution >= 4 is 16.9 Å². The number of piperidine rings is 1. The molecule has 3 heterocycles. The Morgan fingerprint density at radius 2 is 2.20 bits per heavy atom. The van der Waals surface area contributed by atoms with Crippen LogP contribution in [0.5, 0.6) is 0 Å². The molecule has 0 bridgehead atoms. The summed E-state index contributed by atoms with van der Waals surface area (Å²) in [5, 5.41) is 13.6. The highest BCUT2D eigenvalue weighted by Crippen LogP contribution is 2.23. The summed E-state index contributed by atoms with van der Waals surface area (Å²) in [7, 11) is 1.76. The van der Waals surface area contributed by atoms with E-state index in [1.165, 1.54) is 12.0 Å². The van der Waals surface area contributed by atoms with Gasteiger partial charge >= 0.3 is 0 Å². The Bertz CT molecular complexity index is 841. The first-order valence-corrected chi connectivity index (χ1v) is 8.68. The van der Waals surface area contributed by atoms with E-state index in [2.05, 4.69) is 37.5 Å². The highest BCUT2D eigenvalue weighted by Gasteiger charge is 2.24. The number of rotatable bonds is 5. The lowest BCUT2D eigenvalue weighted by molar-refractivity contribution is 0.142. The molecule has 1 unspecified atom stereocenters. The molecule has 25 heavy (non-hydrogen) atoms. The molecule has 0 N–H and O–H groups in total. The summed E-state index contributed by atoms with van der Waals surface area (Å²) in [5.74, 6) is 1.37. The second kappa shape index (κ2) is 7.14. The Hall–Kier alpha value is -2.54. The number of pyridine rings is 1. The molecule has 7 heteroatoms. The first-order chi connectivity index (χ1) is 12.3. The highest BCUT2D eigenvalue weighted by atomic mass is 16.5. The molecular weight excluding hydrogens is 316 g/mol. The normalized spacial score (nSPS) is 18.0. The lowest BCUT2D eigenvalue weighted by Crippen LogP contribution is -2.38. The van der Waals surface area contributed by atoms with Crippen molar-refractivity contribution in [2.75, 3.05) is 31.7 Å². The summed E-state index contributed by atoms with van der Waals surface area (Å²) in [6.07, 6.45) is 4.15. The number of methoxy groups -OCH3 is 1. The summed E-state index contributed by atoms with van der Waals surface area (Å²) in [4.78, 5) is 6.70. The third kappa shape index (κ3) is 3.32. The predicted molar refractivity (Wildman–Crippen MR) is 95.5 cm³/mol. The smallest absolute Gasteiger partial charge is 0.245 e. The van der Waals surface area contributed by atoms with Crippen LogP contribution in [0, 0.1) is 5.92 Å². The van der Waals surface area contributed by atoms with Crippen LogP contribution in [0.3, 0.4) is 0 Å². The van der Waals surface area contributed by atoms with Gasteiger partial charge in [0.2, 0.25) is 5.95 Å². The number of fused-ring (bicyclic) bond motifs is 1. The van der Waals surface area contributed by atoms with Gasteiger partial charge in [0.15, 0.2) is 0 Å². The maximum atomic E-state index is 5.33. The van der Waals surface area contributed by atoms with Crippen LogP contribution >= 0.6 is 0 Å². The molecule has 1 saturated heterocycles. The van der Waals surface area contributed by atoms with Crippen LogP contribution in [0.4, 0.5) is 5.95 Å². The van der Waals surface area contributed by atoms with E-state index in [1.54, 1.807) is 7.11 Å². The van der Waals surface area contributed by atoms with Crippen molar-refractivity contribution in [2.45, 2.75) is 19.4 Å². The lowest BCUT2D eigenvalue weighted by Gasteiger charge is -2.32. The van der Waals surface area contributed by atoms with Crippen LogP contribution in [-0.4, -0.2) is 52.0 Å². The Morgan fingerprint density at radius 3 is 3.12 bits per heavy atom. The van der Waals surface area contributed by atoms with Gasteiger partial charge in [-0.15, -0.1) is 0 Å². The average molecular weight is 338 g/mol. The molecule has 3 aromatic rings. The van der Waals surface area contributed by atoms with E-state index in [0.717, 1.165) is 43.0 Å². The molecule has 1 aliphatic heterocycles. The summed E-state index contributed by atoms with van der Waals surface area (Å²) < 4.78 is 7.21. The zero-order valence-corrected chi connectivity index (χ0v) is 14.4. The minimum Gasteiger partial charge on any atom is -0.384 e. The topological polar surface area (TPSA) is 69.0 Å². The van der Waals surface area contributed by atoms with Crippen molar-refractivity contribution < 1.29 is 4.74 Å². The van der Waals surface area contributed by atoms with E-state index >= 15 is 0 Å². The third-order valence-corrected chi connectivity index (χ3v) is 4.77. The fraction of sp³-hybridized carbons (Fsp3) is 0.444. The largest absolute Gasteiger partial charge is 0.384 e. The molecule has 0 amide bonds. The molecule has 0 aliphatic carbocycles. The maximum absolute atomic E-state index is 5.33. The van der Waals surface area contributed by atoms with Crippen molar-refractivity contribution in [1.29, 1.82) is 0 Å². The van der Waals surface area contributed by atoms with Gasteiger partial charge in [-0.05, 0) is 46.9 Å². The molecule has 1 aromatic carbocycles. The maximum Gasteiger partial charge on any atom is 0.245 e. The number of tetrazole rings is 1.